The molecule has 3 rings (SSSR count). The summed E-state index contributed by atoms with van der Waals surface area (Å²) >= 11 is 0. The van der Waals surface area contributed by atoms with Crippen LogP contribution in [0, 0.1) is 5.92 Å². The zero-order chi connectivity index (χ0) is 17.2. The predicted molar refractivity (Wildman–Crippen MR) is 91.6 cm³/mol. The number of amides is 2. The fourth-order valence-electron chi connectivity index (χ4n) is 3.01. The summed E-state index contributed by atoms with van der Waals surface area (Å²) in [5.74, 6) is -0.260. The molecule has 1 aromatic carbocycles. The second-order valence-electron chi connectivity index (χ2n) is 6.50. The third-order valence-corrected chi connectivity index (χ3v) is 4.57. The average Bonchev–Trinajstić information content (AvgIpc) is 3.22. The van der Waals surface area contributed by atoms with Crippen LogP contribution in [0.3, 0.4) is 0 Å². The maximum absolute atomic E-state index is 12.6. The Bertz CT molecular complexity index is 688. The Morgan fingerprint density at radius 3 is 2.54 bits per heavy atom. The summed E-state index contributed by atoms with van der Waals surface area (Å²) in [5, 5.41) is 0. The first-order valence-electron chi connectivity index (χ1n) is 8.38. The lowest BCUT2D eigenvalue weighted by Gasteiger charge is -2.27. The standard InChI is InChI=1S/C19H22N2O3/c1-14(2)19(11-10-16(22)21-12-6-7-13-21)18(23)20-17(24-19)15-8-4-3-5-9-15/h3-5,8-11,14H,6-7,12-13H2,1-2H3/b11-10-/t19-/m0/s1. The molecule has 5 nitrogen and oxygen atoms in total. The monoisotopic (exact) mass is 326 g/mol. The number of hydrogen-bond donors (Lipinski definition) is 0. The van der Waals surface area contributed by atoms with E-state index in [0.717, 1.165) is 31.5 Å². The van der Waals surface area contributed by atoms with Gasteiger partial charge in [0.1, 0.15) is 0 Å². The van der Waals surface area contributed by atoms with Crippen LogP contribution in [0.1, 0.15) is 32.3 Å². The maximum Gasteiger partial charge on any atom is 0.297 e. The summed E-state index contributed by atoms with van der Waals surface area (Å²) in [5.41, 5.74) is -0.451. The molecule has 5 heteroatoms. The molecule has 0 saturated carbocycles. The number of aliphatic imine (C=N–C) groups is 1. The molecule has 0 unspecified atom stereocenters. The van der Waals surface area contributed by atoms with Gasteiger partial charge in [0, 0.05) is 30.6 Å². The minimum absolute atomic E-state index is 0.0721. The smallest absolute Gasteiger partial charge is 0.297 e. The lowest BCUT2D eigenvalue weighted by molar-refractivity contribution is -0.130. The summed E-state index contributed by atoms with van der Waals surface area (Å²) in [6.07, 6.45) is 5.12. The van der Waals surface area contributed by atoms with Crippen molar-refractivity contribution in [3.8, 4) is 0 Å². The van der Waals surface area contributed by atoms with Gasteiger partial charge in [-0.2, -0.15) is 4.99 Å². The number of rotatable bonds is 4. The van der Waals surface area contributed by atoms with Crippen LogP contribution in [-0.4, -0.2) is 41.3 Å². The number of benzene rings is 1. The molecule has 2 amide bonds. The summed E-state index contributed by atoms with van der Waals surface area (Å²) in [7, 11) is 0. The van der Waals surface area contributed by atoms with Crippen molar-refractivity contribution in [1.29, 1.82) is 0 Å². The van der Waals surface area contributed by atoms with Gasteiger partial charge in [0.15, 0.2) is 0 Å². The number of ether oxygens (including phenoxy) is 1. The van der Waals surface area contributed by atoms with Crippen LogP contribution < -0.4 is 0 Å². The van der Waals surface area contributed by atoms with E-state index in [0.29, 0.717) is 5.90 Å². The lowest BCUT2D eigenvalue weighted by atomic mass is 9.89. The van der Waals surface area contributed by atoms with E-state index in [2.05, 4.69) is 4.99 Å². The third-order valence-electron chi connectivity index (χ3n) is 4.57. The minimum atomic E-state index is -1.21. The predicted octanol–water partition coefficient (Wildman–Crippen LogP) is 2.56. The van der Waals surface area contributed by atoms with Crippen molar-refractivity contribution < 1.29 is 14.3 Å². The molecule has 0 spiro atoms. The summed E-state index contributed by atoms with van der Waals surface area (Å²) in [4.78, 5) is 30.7. The SMILES string of the molecule is CC(C)[C@]1(/C=C\C(=O)N2CCCC2)OC(c2ccccc2)=NC1=O. The highest BCUT2D eigenvalue weighted by molar-refractivity contribution is 6.10. The van der Waals surface area contributed by atoms with E-state index in [1.165, 1.54) is 6.08 Å². The Hall–Kier alpha value is -2.43. The van der Waals surface area contributed by atoms with Crippen LogP contribution >= 0.6 is 0 Å². The van der Waals surface area contributed by atoms with Gasteiger partial charge in [-0.3, -0.25) is 9.59 Å². The molecule has 2 heterocycles. The van der Waals surface area contributed by atoms with E-state index < -0.39 is 5.60 Å². The highest BCUT2D eigenvalue weighted by Crippen LogP contribution is 2.32. The quantitative estimate of drug-likeness (QED) is 0.799. The average molecular weight is 326 g/mol. The van der Waals surface area contributed by atoms with Gasteiger partial charge < -0.3 is 9.64 Å². The number of nitrogens with zero attached hydrogens (tertiary/aromatic N) is 2. The number of carbonyl (C=O) groups is 2. The van der Waals surface area contributed by atoms with Gasteiger partial charge in [-0.05, 0) is 31.1 Å². The number of carbonyl (C=O) groups excluding carboxylic acids is 2. The van der Waals surface area contributed by atoms with Gasteiger partial charge in [0.2, 0.25) is 17.4 Å². The summed E-state index contributed by atoms with van der Waals surface area (Å²) in [6.45, 7) is 5.34. The van der Waals surface area contributed by atoms with E-state index in [1.54, 1.807) is 11.0 Å². The van der Waals surface area contributed by atoms with Crippen molar-refractivity contribution in [3.05, 3.63) is 48.0 Å². The molecule has 1 fully saturated rings. The highest BCUT2D eigenvalue weighted by Gasteiger charge is 2.47. The van der Waals surface area contributed by atoms with Gasteiger partial charge in [-0.25, -0.2) is 0 Å². The van der Waals surface area contributed by atoms with Crippen LogP contribution in [-0.2, 0) is 14.3 Å². The largest absolute Gasteiger partial charge is 0.456 e. The zero-order valence-electron chi connectivity index (χ0n) is 14.1. The van der Waals surface area contributed by atoms with Gasteiger partial charge >= 0.3 is 0 Å². The van der Waals surface area contributed by atoms with E-state index >= 15 is 0 Å². The topological polar surface area (TPSA) is 59.0 Å². The summed E-state index contributed by atoms with van der Waals surface area (Å²) < 4.78 is 5.96. The second kappa shape index (κ2) is 6.59. The van der Waals surface area contributed by atoms with Crippen LogP contribution in [0.25, 0.3) is 0 Å². The van der Waals surface area contributed by atoms with E-state index in [9.17, 15) is 9.59 Å². The van der Waals surface area contributed by atoms with Crippen LogP contribution in [0.5, 0.6) is 0 Å². The van der Waals surface area contributed by atoms with Crippen molar-refractivity contribution in [2.75, 3.05) is 13.1 Å². The Labute approximate surface area is 142 Å². The fourth-order valence-corrected chi connectivity index (χ4v) is 3.01. The minimum Gasteiger partial charge on any atom is -0.456 e. The first-order valence-corrected chi connectivity index (χ1v) is 8.38. The molecule has 1 atom stereocenters. The van der Waals surface area contributed by atoms with Crippen molar-refractivity contribution in [2.24, 2.45) is 10.9 Å². The van der Waals surface area contributed by atoms with Crippen molar-refractivity contribution in [2.45, 2.75) is 32.3 Å². The molecule has 0 radical (unpaired) electrons. The zero-order valence-corrected chi connectivity index (χ0v) is 14.1. The fraction of sp³-hybridized carbons (Fsp3) is 0.421. The molecule has 24 heavy (non-hydrogen) atoms. The molecule has 0 aliphatic carbocycles. The Kier molecular flexibility index (Phi) is 4.51. The van der Waals surface area contributed by atoms with Gasteiger partial charge in [0.05, 0.1) is 0 Å². The van der Waals surface area contributed by atoms with Crippen LogP contribution in [0.4, 0.5) is 0 Å². The van der Waals surface area contributed by atoms with Gasteiger partial charge in [-0.1, -0.05) is 32.0 Å². The van der Waals surface area contributed by atoms with Gasteiger partial charge in [0.25, 0.3) is 5.91 Å². The molecular formula is C19H22N2O3. The Morgan fingerprint density at radius 1 is 1.25 bits per heavy atom. The molecule has 2 aliphatic rings. The van der Waals surface area contributed by atoms with Crippen LogP contribution in [0.15, 0.2) is 47.5 Å². The molecular weight excluding hydrogens is 304 g/mol. The molecule has 2 aliphatic heterocycles. The second-order valence-corrected chi connectivity index (χ2v) is 6.50. The van der Waals surface area contributed by atoms with Crippen molar-refractivity contribution in [1.82, 2.24) is 4.90 Å². The van der Waals surface area contributed by atoms with Crippen molar-refractivity contribution >= 4 is 17.7 Å². The number of likely N-dealkylation sites (tertiary alicyclic amines) is 1. The maximum atomic E-state index is 12.6. The van der Waals surface area contributed by atoms with E-state index in [4.69, 9.17) is 4.74 Å². The third kappa shape index (κ3) is 2.98. The molecule has 0 N–H and O–H groups in total. The molecule has 1 aromatic rings. The molecule has 1 saturated heterocycles. The first-order chi connectivity index (χ1) is 11.5. The molecule has 0 bridgehead atoms. The molecule has 0 aromatic heterocycles. The van der Waals surface area contributed by atoms with E-state index in [-0.39, 0.29) is 17.7 Å². The number of hydrogen-bond acceptors (Lipinski definition) is 3. The normalized spacial score (nSPS) is 23.9. The Balaban J connectivity index is 1.82. The van der Waals surface area contributed by atoms with E-state index in [1.807, 2.05) is 44.2 Å². The van der Waals surface area contributed by atoms with Gasteiger partial charge in [-0.15, -0.1) is 0 Å². The first kappa shape index (κ1) is 16.4. The highest BCUT2D eigenvalue weighted by atomic mass is 16.5. The van der Waals surface area contributed by atoms with Crippen LogP contribution in [0.2, 0.25) is 0 Å². The summed E-state index contributed by atoms with van der Waals surface area (Å²) in [6, 6.07) is 9.33. The molecule has 126 valence electrons. The Morgan fingerprint density at radius 2 is 1.92 bits per heavy atom. The van der Waals surface area contributed by atoms with Crippen molar-refractivity contribution in [3.63, 3.8) is 0 Å². The lowest BCUT2D eigenvalue weighted by Crippen LogP contribution is -2.41.